The van der Waals surface area contributed by atoms with Crippen LogP contribution in [0.25, 0.3) is 0 Å². The number of halogens is 1. The Balaban J connectivity index is 2.14. The van der Waals surface area contributed by atoms with Gasteiger partial charge in [-0.3, -0.25) is 4.79 Å². The maximum atomic E-state index is 12.7. The molecule has 6 heteroatoms. The highest BCUT2D eigenvalue weighted by molar-refractivity contribution is 6.32. The third kappa shape index (κ3) is 3.14. The number of unbranched alkanes of at least 4 members (excludes halogenated alkanes) is 1. The van der Waals surface area contributed by atoms with E-state index in [1.165, 1.54) is 6.33 Å². The topological polar surface area (TPSA) is 58.1 Å². The van der Waals surface area contributed by atoms with Crippen molar-refractivity contribution in [1.29, 1.82) is 0 Å². The van der Waals surface area contributed by atoms with Gasteiger partial charge in [0.25, 0.3) is 0 Å². The minimum Gasteiger partial charge on any atom is -0.353 e. The first-order valence-electron chi connectivity index (χ1n) is 8.97. The number of allylic oxidation sites excluding steroid dienone is 1. The summed E-state index contributed by atoms with van der Waals surface area (Å²) in [5.41, 5.74) is 2.70. The Bertz CT molecular complexity index is 658. The predicted molar refractivity (Wildman–Crippen MR) is 97.5 cm³/mol. The lowest BCUT2D eigenvalue weighted by Gasteiger charge is -2.34. The summed E-state index contributed by atoms with van der Waals surface area (Å²) in [6.45, 7) is 5.21. The second kappa shape index (κ2) is 7.51. The van der Waals surface area contributed by atoms with Crippen LogP contribution in [0, 0.1) is 0 Å². The molecule has 0 radical (unpaired) electrons. The molecular formula is C18H25ClN4O. The highest BCUT2D eigenvalue weighted by Crippen LogP contribution is 2.40. The molecule has 1 aliphatic carbocycles. The second-order valence-corrected chi connectivity index (χ2v) is 6.87. The Morgan fingerprint density at radius 2 is 2.12 bits per heavy atom. The fraction of sp³-hybridized carbons (Fsp3) is 0.611. The van der Waals surface area contributed by atoms with Crippen molar-refractivity contribution < 1.29 is 4.79 Å². The van der Waals surface area contributed by atoms with Gasteiger partial charge in [-0.05, 0) is 25.7 Å². The van der Waals surface area contributed by atoms with Crippen LogP contribution in [0.4, 0.5) is 11.5 Å². The lowest BCUT2D eigenvalue weighted by molar-refractivity contribution is -0.116. The molecule has 1 unspecified atom stereocenters. The van der Waals surface area contributed by atoms with E-state index in [4.69, 9.17) is 11.6 Å². The molecule has 3 rings (SSSR count). The normalized spacial score (nSPS) is 20.4. The molecule has 0 amide bonds. The van der Waals surface area contributed by atoms with Gasteiger partial charge in [-0.2, -0.15) is 0 Å². The van der Waals surface area contributed by atoms with Crippen LogP contribution < -0.4 is 10.2 Å². The van der Waals surface area contributed by atoms with E-state index in [-0.39, 0.29) is 11.8 Å². The summed E-state index contributed by atoms with van der Waals surface area (Å²) in [7, 11) is 0. The van der Waals surface area contributed by atoms with Gasteiger partial charge in [0.05, 0.1) is 6.04 Å². The van der Waals surface area contributed by atoms with Gasteiger partial charge in [0, 0.05) is 24.2 Å². The number of rotatable bonds is 5. The number of nitrogens with zero attached hydrogens (tertiary/aromatic N) is 3. The van der Waals surface area contributed by atoms with Gasteiger partial charge in [-0.1, -0.05) is 38.3 Å². The third-order valence-corrected chi connectivity index (χ3v) is 5.10. The Morgan fingerprint density at radius 1 is 1.29 bits per heavy atom. The van der Waals surface area contributed by atoms with Crippen molar-refractivity contribution in [3.8, 4) is 0 Å². The van der Waals surface area contributed by atoms with Crippen LogP contribution in [-0.4, -0.2) is 28.3 Å². The van der Waals surface area contributed by atoms with Crippen LogP contribution in [0.5, 0.6) is 0 Å². The summed E-state index contributed by atoms with van der Waals surface area (Å²) < 4.78 is 0. The number of aromatic nitrogens is 2. The number of hydrogen-bond acceptors (Lipinski definition) is 5. The van der Waals surface area contributed by atoms with Gasteiger partial charge < -0.3 is 10.2 Å². The van der Waals surface area contributed by atoms with Crippen molar-refractivity contribution in [2.75, 3.05) is 16.8 Å². The fourth-order valence-electron chi connectivity index (χ4n) is 3.68. The molecule has 1 aliphatic heterocycles. The molecule has 2 heterocycles. The summed E-state index contributed by atoms with van der Waals surface area (Å²) in [6, 6.07) is 0.0732. The summed E-state index contributed by atoms with van der Waals surface area (Å²) in [6.07, 6.45) is 8.03. The number of carbonyl (C=O) groups is 1. The minimum atomic E-state index is 0.0732. The highest BCUT2D eigenvalue weighted by Gasteiger charge is 2.36. The Hall–Kier alpha value is -1.62. The molecule has 1 atom stereocenters. The van der Waals surface area contributed by atoms with Crippen LogP contribution in [0.1, 0.15) is 58.8 Å². The maximum Gasteiger partial charge on any atom is 0.162 e. The lowest BCUT2D eigenvalue weighted by atomic mass is 9.87. The fourth-order valence-corrected chi connectivity index (χ4v) is 3.85. The summed E-state index contributed by atoms with van der Waals surface area (Å²) in [4.78, 5) is 23.7. The molecule has 1 N–H and O–H groups in total. The molecule has 0 bridgehead atoms. The molecular weight excluding hydrogens is 324 g/mol. The number of anilines is 2. The van der Waals surface area contributed by atoms with E-state index in [9.17, 15) is 4.79 Å². The van der Waals surface area contributed by atoms with Crippen molar-refractivity contribution in [2.24, 2.45) is 0 Å². The zero-order chi connectivity index (χ0) is 17.1. The molecule has 24 heavy (non-hydrogen) atoms. The number of Topliss-reactive ketones (excluding diaryl/α,β-unsaturated/α-hetero) is 1. The number of nitrogens with one attached hydrogen (secondary N) is 1. The van der Waals surface area contributed by atoms with Crippen LogP contribution in [0.15, 0.2) is 17.6 Å². The van der Waals surface area contributed by atoms with Crippen molar-refractivity contribution >= 4 is 28.9 Å². The zero-order valence-corrected chi connectivity index (χ0v) is 15.2. The SMILES string of the molecule is CCCCN1c2ncnc(Cl)c2NC2=C(C(=O)CCC2)C1CCC. The first kappa shape index (κ1) is 17.2. The van der Waals surface area contributed by atoms with E-state index in [0.717, 1.165) is 67.8 Å². The van der Waals surface area contributed by atoms with Crippen LogP contribution in [0.3, 0.4) is 0 Å². The predicted octanol–water partition coefficient (Wildman–Crippen LogP) is 4.34. The third-order valence-electron chi connectivity index (χ3n) is 4.81. The Labute approximate surface area is 148 Å². The highest BCUT2D eigenvalue weighted by atomic mass is 35.5. The van der Waals surface area contributed by atoms with Gasteiger partial charge >= 0.3 is 0 Å². The summed E-state index contributed by atoms with van der Waals surface area (Å²) in [5, 5.41) is 3.84. The van der Waals surface area contributed by atoms with Gasteiger partial charge in [-0.15, -0.1) is 0 Å². The monoisotopic (exact) mass is 348 g/mol. The van der Waals surface area contributed by atoms with Crippen LogP contribution >= 0.6 is 11.6 Å². The standard InChI is InChI=1S/C18H25ClN4O/c1-3-5-10-23-13(7-4-2)15-12(8-6-9-14(15)24)22-16-17(19)20-11-21-18(16)23/h11,13,22H,3-10H2,1-2H3. The quantitative estimate of drug-likeness (QED) is 0.802. The Kier molecular flexibility index (Phi) is 5.39. The Morgan fingerprint density at radius 3 is 2.88 bits per heavy atom. The van der Waals surface area contributed by atoms with Crippen molar-refractivity contribution in [3.05, 3.63) is 22.8 Å². The van der Waals surface area contributed by atoms with Crippen LogP contribution in [-0.2, 0) is 4.79 Å². The first-order chi connectivity index (χ1) is 11.7. The number of carbonyl (C=O) groups excluding carboxylic acids is 1. The van der Waals surface area contributed by atoms with E-state index >= 15 is 0 Å². The van der Waals surface area contributed by atoms with Gasteiger partial charge in [0.1, 0.15) is 12.0 Å². The molecule has 2 aliphatic rings. The van der Waals surface area contributed by atoms with E-state index < -0.39 is 0 Å². The van der Waals surface area contributed by atoms with E-state index in [1.807, 2.05) is 0 Å². The first-order valence-corrected chi connectivity index (χ1v) is 9.35. The molecule has 0 saturated heterocycles. The van der Waals surface area contributed by atoms with Gasteiger partial charge in [0.15, 0.2) is 16.8 Å². The number of fused-ring (bicyclic) bond motifs is 1. The lowest BCUT2D eigenvalue weighted by Crippen LogP contribution is -2.40. The van der Waals surface area contributed by atoms with E-state index in [1.54, 1.807) is 0 Å². The molecule has 0 saturated carbocycles. The summed E-state index contributed by atoms with van der Waals surface area (Å²) >= 11 is 6.36. The molecule has 0 spiro atoms. The molecule has 130 valence electrons. The van der Waals surface area contributed by atoms with Gasteiger partial charge in [-0.25, -0.2) is 9.97 Å². The molecule has 0 aromatic carbocycles. The van der Waals surface area contributed by atoms with Crippen LogP contribution in [0.2, 0.25) is 5.15 Å². The molecule has 0 fully saturated rings. The number of ketones is 1. The minimum absolute atomic E-state index is 0.0732. The average molecular weight is 349 g/mol. The van der Waals surface area contributed by atoms with Crippen molar-refractivity contribution in [1.82, 2.24) is 9.97 Å². The van der Waals surface area contributed by atoms with Crippen molar-refractivity contribution in [3.63, 3.8) is 0 Å². The van der Waals surface area contributed by atoms with Crippen molar-refractivity contribution in [2.45, 2.75) is 64.8 Å². The smallest absolute Gasteiger partial charge is 0.162 e. The second-order valence-electron chi connectivity index (χ2n) is 6.51. The maximum absolute atomic E-state index is 12.7. The molecule has 1 aromatic rings. The van der Waals surface area contributed by atoms with E-state index in [2.05, 4.69) is 34.0 Å². The molecule has 1 aromatic heterocycles. The summed E-state index contributed by atoms with van der Waals surface area (Å²) in [5.74, 6) is 1.09. The zero-order valence-electron chi connectivity index (χ0n) is 14.4. The van der Waals surface area contributed by atoms with Gasteiger partial charge in [0.2, 0.25) is 0 Å². The molecule has 5 nitrogen and oxygen atoms in total. The number of hydrogen-bond donors (Lipinski definition) is 1. The largest absolute Gasteiger partial charge is 0.353 e. The average Bonchev–Trinajstić information content (AvgIpc) is 2.70. The van der Waals surface area contributed by atoms with E-state index in [0.29, 0.717) is 11.6 Å².